The van der Waals surface area contributed by atoms with Crippen LogP contribution in [-0.4, -0.2) is 59.2 Å². The van der Waals surface area contributed by atoms with Gasteiger partial charge in [-0.15, -0.1) is 0 Å². The monoisotopic (exact) mass is 496 g/mol. The molecule has 0 bridgehead atoms. The second-order valence-corrected chi connectivity index (χ2v) is 10.6. The number of halogens is 1. The van der Waals surface area contributed by atoms with E-state index in [1.54, 1.807) is 0 Å². The van der Waals surface area contributed by atoms with Crippen LogP contribution in [0.25, 0.3) is 0 Å². The minimum Gasteiger partial charge on any atom is -0.395 e. The van der Waals surface area contributed by atoms with Crippen LogP contribution in [0.2, 0.25) is 5.02 Å². The van der Waals surface area contributed by atoms with Gasteiger partial charge < -0.3 is 9.74 Å². The average Bonchev–Trinajstić information content (AvgIpc) is 2.88. The molecule has 1 aromatic heterocycles. The van der Waals surface area contributed by atoms with Gasteiger partial charge in [-0.1, -0.05) is 42.7 Å². The lowest BCUT2D eigenvalue weighted by atomic mass is 9.87. The predicted molar refractivity (Wildman–Crippen MR) is 140 cm³/mol. The third kappa shape index (κ3) is 7.28. The molecule has 2 fully saturated rings. The highest BCUT2D eigenvalue weighted by molar-refractivity contribution is 6.30. The number of rotatable bonds is 8. The fourth-order valence-corrected chi connectivity index (χ4v) is 5.08. The van der Waals surface area contributed by atoms with Crippen LogP contribution in [0.5, 0.6) is 0 Å². The average molecular weight is 497 g/mol. The topological polar surface area (TPSA) is 58.0 Å². The van der Waals surface area contributed by atoms with Gasteiger partial charge in [0, 0.05) is 48.9 Å². The first-order chi connectivity index (χ1) is 17.0. The molecule has 0 N–H and O–H groups in total. The van der Waals surface area contributed by atoms with E-state index in [0.717, 1.165) is 69.7 Å². The van der Waals surface area contributed by atoms with Crippen LogP contribution in [-0.2, 0) is 16.2 Å². The fourth-order valence-electron chi connectivity index (χ4n) is 4.96. The summed E-state index contributed by atoms with van der Waals surface area (Å²) in [7, 11) is 0. The van der Waals surface area contributed by atoms with Crippen LogP contribution < -0.4 is 0 Å². The van der Waals surface area contributed by atoms with E-state index in [2.05, 4.69) is 45.9 Å². The number of carbonyl (C=O) groups excluding carboxylic acids is 1. The highest BCUT2D eigenvalue weighted by Gasteiger charge is 2.32. The second-order valence-electron chi connectivity index (χ2n) is 10.2. The minimum absolute atomic E-state index is 0.138. The molecule has 0 spiro atoms. The maximum Gasteiger partial charge on any atom is 0.225 e. The van der Waals surface area contributed by atoms with E-state index in [9.17, 15) is 4.79 Å². The zero-order chi connectivity index (χ0) is 24.6. The van der Waals surface area contributed by atoms with Gasteiger partial charge in [-0.25, -0.2) is 0 Å². The number of nitrogens with zero attached hydrogens (tertiary/aromatic N) is 4. The lowest BCUT2D eigenvalue weighted by Crippen LogP contribution is -2.46. The molecule has 188 valence electrons. The molecule has 0 radical (unpaired) electrons. The first-order valence-corrected chi connectivity index (χ1v) is 13.2. The molecule has 1 aromatic carbocycles. The summed E-state index contributed by atoms with van der Waals surface area (Å²) < 4.78 is 0. The quantitative estimate of drug-likeness (QED) is 0.369. The van der Waals surface area contributed by atoms with Crippen LogP contribution >= 0.6 is 11.6 Å². The Bertz CT molecular complexity index is 964. The first-order valence-electron chi connectivity index (χ1n) is 12.9. The smallest absolute Gasteiger partial charge is 0.225 e. The first kappa shape index (κ1) is 25.6. The van der Waals surface area contributed by atoms with Gasteiger partial charge in [-0.2, -0.15) is 0 Å². The number of piperidine rings is 2. The molecule has 6 nitrogen and oxygen atoms in total. The molecule has 0 saturated carbocycles. The lowest BCUT2D eigenvalue weighted by Gasteiger charge is -2.37. The Morgan fingerprint density at radius 3 is 2.26 bits per heavy atom. The number of oxime groups is 1. The standard InChI is InChI=1S/C28H37ClN4O2/c1-21(2)20-35-31-27(23-3-5-26(29)6-4-23)24-11-17-33(18-12-24)28(34)25-9-15-32(16-10-25)19-22-7-13-30-14-8-22/h3-8,13-14,21,24-25H,9-12,15-20H2,1-2H3. The Labute approximate surface area is 214 Å². The molecule has 2 aromatic rings. The summed E-state index contributed by atoms with van der Waals surface area (Å²) in [4.78, 5) is 27.6. The molecular weight excluding hydrogens is 460 g/mol. The molecule has 2 saturated heterocycles. The highest BCUT2D eigenvalue weighted by Crippen LogP contribution is 2.27. The molecule has 2 aliphatic heterocycles. The van der Waals surface area contributed by atoms with Gasteiger partial charge >= 0.3 is 0 Å². The third-order valence-corrected chi connectivity index (χ3v) is 7.25. The van der Waals surface area contributed by atoms with Crippen LogP contribution in [0.4, 0.5) is 0 Å². The third-order valence-electron chi connectivity index (χ3n) is 7.00. The summed E-state index contributed by atoms with van der Waals surface area (Å²) in [6, 6.07) is 11.9. The molecule has 4 rings (SSSR count). The van der Waals surface area contributed by atoms with Crippen molar-refractivity contribution in [3.8, 4) is 0 Å². The van der Waals surface area contributed by atoms with Gasteiger partial charge in [-0.05, 0) is 80.1 Å². The Morgan fingerprint density at radius 2 is 1.63 bits per heavy atom. The van der Waals surface area contributed by atoms with Crippen LogP contribution in [0, 0.1) is 17.8 Å². The lowest BCUT2D eigenvalue weighted by molar-refractivity contribution is -0.138. The van der Waals surface area contributed by atoms with Gasteiger partial charge in [0.15, 0.2) is 0 Å². The molecule has 0 aliphatic carbocycles. The molecule has 3 heterocycles. The van der Waals surface area contributed by atoms with Crippen LogP contribution in [0.1, 0.15) is 50.7 Å². The molecule has 2 aliphatic rings. The number of hydrogen-bond donors (Lipinski definition) is 0. The van der Waals surface area contributed by atoms with E-state index in [-0.39, 0.29) is 11.8 Å². The van der Waals surface area contributed by atoms with Crippen molar-refractivity contribution in [3.63, 3.8) is 0 Å². The van der Waals surface area contributed by atoms with E-state index in [0.29, 0.717) is 23.5 Å². The van der Waals surface area contributed by atoms with Gasteiger partial charge in [0.05, 0.1) is 5.71 Å². The number of hydrogen-bond acceptors (Lipinski definition) is 5. The summed E-state index contributed by atoms with van der Waals surface area (Å²) in [5.41, 5.74) is 3.30. The minimum atomic E-state index is 0.138. The second kappa shape index (κ2) is 12.5. The summed E-state index contributed by atoms with van der Waals surface area (Å²) in [5, 5.41) is 5.26. The SMILES string of the molecule is CC(C)CON=C(c1ccc(Cl)cc1)C1CCN(C(=O)C2CCN(Cc3ccncc3)CC2)CC1. The maximum atomic E-state index is 13.3. The molecule has 35 heavy (non-hydrogen) atoms. The summed E-state index contributed by atoms with van der Waals surface area (Å²) >= 11 is 6.10. The highest BCUT2D eigenvalue weighted by atomic mass is 35.5. The Morgan fingerprint density at radius 1 is 1.00 bits per heavy atom. The van der Waals surface area contributed by atoms with Gasteiger partial charge in [0.25, 0.3) is 0 Å². The molecular formula is C28H37ClN4O2. The Kier molecular flexibility index (Phi) is 9.16. The van der Waals surface area contributed by atoms with E-state index < -0.39 is 0 Å². The summed E-state index contributed by atoms with van der Waals surface area (Å²) in [6.07, 6.45) is 7.36. The van der Waals surface area contributed by atoms with Crippen molar-refractivity contribution in [2.75, 3.05) is 32.8 Å². The number of pyridine rings is 1. The molecule has 7 heteroatoms. The van der Waals surface area contributed by atoms with Crippen molar-refractivity contribution in [1.82, 2.24) is 14.8 Å². The van der Waals surface area contributed by atoms with Crippen LogP contribution in [0.3, 0.4) is 0 Å². The van der Waals surface area contributed by atoms with Crippen molar-refractivity contribution in [3.05, 3.63) is 64.9 Å². The maximum absolute atomic E-state index is 13.3. The number of benzene rings is 1. The van der Waals surface area contributed by atoms with E-state index in [4.69, 9.17) is 16.4 Å². The zero-order valence-electron chi connectivity index (χ0n) is 20.9. The predicted octanol–water partition coefficient (Wildman–Crippen LogP) is 5.26. The number of amides is 1. The van der Waals surface area contributed by atoms with Crippen molar-refractivity contribution in [2.24, 2.45) is 22.9 Å². The fraction of sp³-hybridized carbons (Fsp3) is 0.536. The van der Waals surface area contributed by atoms with Crippen molar-refractivity contribution < 1.29 is 9.63 Å². The van der Waals surface area contributed by atoms with E-state index >= 15 is 0 Å². The number of likely N-dealkylation sites (tertiary alicyclic amines) is 2. The van der Waals surface area contributed by atoms with Crippen molar-refractivity contribution in [2.45, 2.75) is 46.1 Å². The van der Waals surface area contributed by atoms with Gasteiger partial charge in [0.1, 0.15) is 6.61 Å². The number of carbonyl (C=O) groups is 1. The Hall–Kier alpha value is -2.44. The molecule has 0 atom stereocenters. The van der Waals surface area contributed by atoms with Crippen molar-refractivity contribution >= 4 is 23.2 Å². The molecule has 1 amide bonds. The van der Waals surface area contributed by atoms with Crippen molar-refractivity contribution in [1.29, 1.82) is 0 Å². The van der Waals surface area contributed by atoms with Crippen LogP contribution in [0.15, 0.2) is 53.9 Å². The van der Waals surface area contributed by atoms with E-state index in [1.807, 2.05) is 36.7 Å². The summed E-state index contributed by atoms with van der Waals surface area (Å²) in [5.74, 6) is 1.16. The Balaban J connectivity index is 1.30. The van der Waals surface area contributed by atoms with Gasteiger partial charge in [0.2, 0.25) is 5.91 Å². The van der Waals surface area contributed by atoms with E-state index in [1.165, 1.54) is 5.56 Å². The normalized spacial score (nSPS) is 18.7. The largest absolute Gasteiger partial charge is 0.395 e. The number of aromatic nitrogens is 1. The zero-order valence-corrected chi connectivity index (χ0v) is 21.7. The van der Waals surface area contributed by atoms with Gasteiger partial charge in [-0.3, -0.25) is 14.7 Å². The molecule has 0 unspecified atom stereocenters. The summed E-state index contributed by atoms with van der Waals surface area (Å²) in [6.45, 7) is 9.24.